The number of aromatic hydroxyl groups is 1. The monoisotopic (exact) mass is 398 g/mol. The van der Waals surface area contributed by atoms with E-state index in [0.29, 0.717) is 16.1 Å². The van der Waals surface area contributed by atoms with Crippen LogP contribution in [0.15, 0.2) is 18.2 Å². The Bertz CT molecular complexity index is 958. The van der Waals surface area contributed by atoms with Gasteiger partial charge in [-0.25, -0.2) is 4.79 Å². The number of carbonyl (C=O) groups excluding carboxylic acids is 2. The first-order valence-electron chi connectivity index (χ1n) is 9.26. The summed E-state index contributed by atoms with van der Waals surface area (Å²) in [5.74, 6) is -1.19. The number of esters is 1. The van der Waals surface area contributed by atoms with Gasteiger partial charge < -0.3 is 15.2 Å². The van der Waals surface area contributed by atoms with Crippen molar-refractivity contribution in [2.75, 3.05) is 5.32 Å². The molecular formula is C21H22N2O4S. The lowest BCUT2D eigenvalue weighted by Crippen LogP contribution is -2.30. The van der Waals surface area contributed by atoms with E-state index in [9.17, 15) is 20.0 Å². The van der Waals surface area contributed by atoms with Crippen LogP contribution in [0.3, 0.4) is 0 Å². The van der Waals surface area contributed by atoms with E-state index in [2.05, 4.69) is 11.4 Å². The summed E-state index contributed by atoms with van der Waals surface area (Å²) in [4.78, 5) is 25.9. The fourth-order valence-electron chi connectivity index (χ4n) is 3.18. The molecular weight excluding hydrogens is 376 g/mol. The number of phenolic OH excluding ortho intramolecular Hbond substituents is 1. The molecule has 0 radical (unpaired) electrons. The van der Waals surface area contributed by atoms with E-state index < -0.39 is 18.0 Å². The fraction of sp³-hybridized carbons (Fsp3) is 0.381. The van der Waals surface area contributed by atoms with Gasteiger partial charge in [0.05, 0.1) is 11.1 Å². The lowest BCUT2D eigenvalue weighted by molar-refractivity contribution is -0.123. The van der Waals surface area contributed by atoms with Crippen LogP contribution in [0.2, 0.25) is 0 Å². The molecule has 2 N–H and O–H groups in total. The van der Waals surface area contributed by atoms with Crippen LogP contribution in [0.1, 0.15) is 58.1 Å². The average molecular weight is 398 g/mol. The number of nitriles is 1. The average Bonchev–Trinajstić information content (AvgIpc) is 2.83. The Morgan fingerprint density at radius 2 is 2.04 bits per heavy atom. The topological polar surface area (TPSA) is 99.4 Å². The second kappa shape index (κ2) is 8.44. The van der Waals surface area contributed by atoms with E-state index in [0.717, 1.165) is 42.5 Å². The quantitative estimate of drug-likeness (QED) is 0.597. The van der Waals surface area contributed by atoms with Gasteiger partial charge in [0.2, 0.25) is 0 Å². The van der Waals surface area contributed by atoms with E-state index in [1.54, 1.807) is 13.0 Å². The third kappa shape index (κ3) is 4.18. The number of amides is 1. The highest BCUT2D eigenvalue weighted by molar-refractivity contribution is 7.16. The second-order valence-electron chi connectivity index (χ2n) is 6.92. The van der Waals surface area contributed by atoms with Crippen molar-refractivity contribution in [1.29, 1.82) is 5.26 Å². The highest BCUT2D eigenvalue weighted by atomic mass is 32.1. The van der Waals surface area contributed by atoms with Crippen molar-refractivity contribution in [3.8, 4) is 11.8 Å². The summed E-state index contributed by atoms with van der Waals surface area (Å²) in [6.45, 7) is 3.20. The highest BCUT2D eigenvalue weighted by Gasteiger charge is 2.24. The van der Waals surface area contributed by atoms with Crippen LogP contribution in [-0.4, -0.2) is 23.1 Å². The Hall–Kier alpha value is -2.85. The van der Waals surface area contributed by atoms with E-state index in [1.807, 2.05) is 0 Å². The molecule has 6 nitrogen and oxygen atoms in total. The van der Waals surface area contributed by atoms with Crippen LogP contribution in [0.5, 0.6) is 5.75 Å². The Labute approximate surface area is 167 Å². The summed E-state index contributed by atoms with van der Waals surface area (Å²) < 4.78 is 5.22. The number of benzene rings is 1. The van der Waals surface area contributed by atoms with Crippen molar-refractivity contribution in [1.82, 2.24) is 0 Å². The molecule has 1 heterocycles. The summed E-state index contributed by atoms with van der Waals surface area (Å²) in [7, 11) is 0. The fourth-order valence-corrected chi connectivity index (χ4v) is 4.42. The number of fused-ring (bicyclic) bond motifs is 1. The van der Waals surface area contributed by atoms with Gasteiger partial charge in [-0.2, -0.15) is 5.26 Å². The third-order valence-electron chi connectivity index (χ3n) is 4.87. The number of thiophene rings is 1. The number of nitrogens with one attached hydrogen (secondary N) is 1. The van der Waals surface area contributed by atoms with E-state index in [-0.39, 0.29) is 11.3 Å². The largest absolute Gasteiger partial charge is 0.508 e. The lowest BCUT2D eigenvalue weighted by atomic mass is 10.1. The molecule has 0 bridgehead atoms. The first-order valence-corrected chi connectivity index (χ1v) is 10.1. The molecule has 146 valence electrons. The molecule has 0 saturated carbocycles. The van der Waals surface area contributed by atoms with Gasteiger partial charge in [0.15, 0.2) is 6.10 Å². The Kier molecular flexibility index (Phi) is 6.00. The van der Waals surface area contributed by atoms with E-state index in [1.165, 1.54) is 30.4 Å². The summed E-state index contributed by atoms with van der Waals surface area (Å²) in [6, 6.07) is 6.67. The van der Waals surface area contributed by atoms with Gasteiger partial charge in [-0.05, 0) is 62.8 Å². The van der Waals surface area contributed by atoms with Crippen molar-refractivity contribution in [3.63, 3.8) is 0 Å². The molecule has 7 heteroatoms. The first-order chi connectivity index (χ1) is 13.4. The summed E-state index contributed by atoms with van der Waals surface area (Å²) >= 11 is 1.44. The predicted molar refractivity (Wildman–Crippen MR) is 107 cm³/mol. The molecule has 1 unspecified atom stereocenters. The van der Waals surface area contributed by atoms with Gasteiger partial charge in [0.1, 0.15) is 16.8 Å². The summed E-state index contributed by atoms with van der Waals surface area (Å²) in [5.41, 5.74) is 2.38. The lowest BCUT2D eigenvalue weighted by Gasteiger charge is -2.13. The number of hydrogen-bond acceptors (Lipinski definition) is 6. The van der Waals surface area contributed by atoms with Gasteiger partial charge in [-0.3, -0.25) is 4.79 Å². The standard InChI is InChI=1S/C21H22N2O4S/c1-12-8-9-14(10-17(12)24)21(26)27-13(2)19(25)23-20-16(11-22)15-6-4-3-5-7-18(15)28-20/h8-10,13,24H,3-7H2,1-2H3,(H,23,25). The zero-order valence-corrected chi connectivity index (χ0v) is 16.7. The van der Waals surface area contributed by atoms with Crippen molar-refractivity contribution >= 4 is 28.2 Å². The third-order valence-corrected chi connectivity index (χ3v) is 6.07. The number of aryl methyl sites for hydroxylation is 2. The van der Waals surface area contributed by atoms with Crippen LogP contribution < -0.4 is 5.32 Å². The Morgan fingerprint density at radius 1 is 1.29 bits per heavy atom. The van der Waals surface area contributed by atoms with Crippen molar-refractivity contribution in [3.05, 3.63) is 45.3 Å². The summed E-state index contributed by atoms with van der Waals surface area (Å²) in [5, 5.41) is 22.5. The van der Waals surface area contributed by atoms with Crippen LogP contribution >= 0.6 is 11.3 Å². The molecule has 1 aliphatic rings. The molecule has 1 aromatic heterocycles. The highest BCUT2D eigenvalue weighted by Crippen LogP contribution is 2.37. The molecule has 0 fully saturated rings. The molecule has 3 rings (SSSR count). The van der Waals surface area contributed by atoms with E-state index in [4.69, 9.17) is 4.74 Å². The Morgan fingerprint density at radius 3 is 2.75 bits per heavy atom. The van der Waals surface area contributed by atoms with Gasteiger partial charge in [0, 0.05) is 4.88 Å². The number of hydrogen-bond donors (Lipinski definition) is 2. The number of nitrogens with zero attached hydrogens (tertiary/aromatic N) is 1. The zero-order valence-electron chi connectivity index (χ0n) is 15.9. The van der Waals surface area contributed by atoms with Crippen molar-refractivity contribution in [2.45, 2.75) is 52.1 Å². The maximum Gasteiger partial charge on any atom is 0.339 e. The van der Waals surface area contributed by atoms with Gasteiger partial charge >= 0.3 is 5.97 Å². The predicted octanol–water partition coefficient (Wildman–Crippen LogP) is 4.09. The molecule has 0 spiro atoms. The smallest absolute Gasteiger partial charge is 0.339 e. The minimum Gasteiger partial charge on any atom is -0.508 e. The van der Waals surface area contributed by atoms with E-state index >= 15 is 0 Å². The van der Waals surface area contributed by atoms with Crippen molar-refractivity contribution in [2.24, 2.45) is 0 Å². The maximum absolute atomic E-state index is 12.5. The number of rotatable bonds is 4. The zero-order chi connectivity index (χ0) is 20.3. The molecule has 1 aromatic carbocycles. The SMILES string of the molecule is Cc1ccc(C(=O)OC(C)C(=O)Nc2sc3c(c2C#N)CCCCC3)cc1O. The van der Waals surface area contributed by atoms with Crippen LogP contribution in [0.4, 0.5) is 5.00 Å². The number of anilines is 1. The first kappa shape index (κ1) is 19.9. The molecule has 1 amide bonds. The van der Waals surface area contributed by atoms with Crippen molar-refractivity contribution < 1.29 is 19.4 Å². The normalized spacial score (nSPS) is 14.3. The summed E-state index contributed by atoms with van der Waals surface area (Å²) in [6.07, 6.45) is 4.02. The molecule has 1 atom stereocenters. The molecule has 28 heavy (non-hydrogen) atoms. The Balaban J connectivity index is 1.70. The molecule has 0 aliphatic heterocycles. The van der Waals surface area contributed by atoms with Gasteiger partial charge in [-0.15, -0.1) is 11.3 Å². The number of ether oxygens (including phenoxy) is 1. The van der Waals surface area contributed by atoms with Gasteiger partial charge in [0.25, 0.3) is 5.91 Å². The molecule has 0 saturated heterocycles. The maximum atomic E-state index is 12.5. The van der Waals surface area contributed by atoms with Crippen LogP contribution in [0.25, 0.3) is 0 Å². The minimum absolute atomic E-state index is 0.00898. The second-order valence-corrected chi connectivity index (χ2v) is 8.02. The molecule has 1 aliphatic carbocycles. The minimum atomic E-state index is -1.04. The van der Waals surface area contributed by atoms with Crippen LogP contribution in [-0.2, 0) is 22.4 Å². The number of carbonyl (C=O) groups is 2. The van der Waals surface area contributed by atoms with Gasteiger partial charge in [-0.1, -0.05) is 12.5 Å². The van der Waals surface area contributed by atoms with Crippen LogP contribution in [0, 0.1) is 18.3 Å². The molecule has 2 aromatic rings. The number of phenols is 1.